The highest BCUT2D eigenvalue weighted by Crippen LogP contribution is 2.27. The summed E-state index contributed by atoms with van der Waals surface area (Å²) in [6.07, 6.45) is 0. The molecule has 2 aromatic heterocycles. The Morgan fingerprint density at radius 1 is 1.18 bits per heavy atom. The Labute approximate surface area is 165 Å². The van der Waals surface area contributed by atoms with Gasteiger partial charge < -0.3 is 9.84 Å². The number of aryl methyl sites for hydroxylation is 1. The number of rotatable bonds is 4. The van der Waals surface area contributed by atoms with Gasteiger partial charge in [-0.15, -0.1) is 0 Å². The van der Waals surface area contributed by atoms with Gasteiger partial charge in [-0.1, -0.05) is 28.9 Å². The first-order chi connectivity index (χ1) is 13.5. The summed E-state index contributed by atoms with van der Waals surface area (Å²) in [5.74, 6) is -0.637. The maximum absolute atomic E-state index is 13.2. The minimum atomic E-state index is -0.347. The molecule has 0 saturated heterocycles. The Hall–Kier alpha value is -3.25. The van der Waals surface area contributed by atoms with E-state index < -0.39 is 0 Å². The van der Waals surface area contributed by atoms with Gasteiger partial charge in [0.15, 0.2) is 0 Å². The van der Waals surface area contributed by atoms with Crippen LogP contribution >= 0.6 is 11.6 Å². The Morgan fingerprint density at radius 2 is 1.96 bits per heavy atom. The molecule has 28 heavy (non-hydrogen) atoms. The summed E-state index contributed by atoms with van der Waals surface area (Å²) in [7, 11) is 0. The second-order valence-corrected chi connectivity index (χ2v) is 6.76. The normalized spacial score (nSPS) is 11.0. The van der Waals surface area contributed by atoms with Crippen LogP contribution in [0.5, 0.6) is 0 Å². The Kier molecular flexibility index (Phi) is 4.79. The van der Waals surface area contributed by atoms with Gasteiger partial charge in [-0.25, -0.2) is 9.37 Å². The predicted octanol–water partition coefficient (Wildman–Crippen LogP) is 4.92. The zero-order chi connectivity index (χ0) is 19.7. The van der Waals surface area contributed by atoms with E-state index in [1.807, 2.05) is 12.1 Å². The summed E-state index contributed by atoms with van der Waals surface area (Å²) in [5.41, 5.74) is 3.27. The van der Waals surface area contributed by atoms with Crippen molar-refractivity contribution in [3.63, 3.8) is 0 Å². The van der Waals surface area contributed by atoms with E-state index in [1.54, 1.807) is 37.3 Å². The molecule has 0 spiro atoms. The summed E-state index contributed by atoms with van der Waals surface area (Å²) in [4.78, 5) is 17.3. The Balaban J connectivity index is 1.71. The van der Waals surface area contributed by atoms with Crippen molar-refractivity contribution in [1.29, 1.82) is 0 Å². The number of carbonyl (C=O) groups excluding carboxylic acids is 1. The van der Waals surface area contributed by atoms with Gasteiger partial charge in [0.1, 0.15) is 5.82 Å². The number of amides is 1. The minimum absolute atomic E-state index is 0.257. The highest BCUT2D eigenvalue weighted by atomic mass is 35.5. The van der Waals surface area contributed by atoms with E-state index in [0.29, 0.717) is 39.5 Å². The number of pyridine rings is 1. The van der Waals surface area contributed by atoms with Gasteiger partial charge in [0.25, 0.3) is 11.6 Å². The number of nitrogens with one attached hydrogen (secondary N) is 1. The van der Waals surface area contributed by atoms with Gasteiger partial charge in [0, 0.05) is 17.1 Å². The number of fused-ring (bicyclic) bond motifs is 1. The van der Waals surface area contributed by atoms with Crippen LogP contribution in [0, 0.1) is 12.7 Å². The van der Waals surface area contributed by atoms with Crippen molar-refractivity contribution in [3.8, 4) is 11.3 Å². The minimum Gasteiger partial charge on any atom is -0.348 e. The number of benzene rings is 2. The molecule has 0 aliphatic rings. The van der Waals surface area contributed by atoms with Crippen molar-refractivity contribution in [2.24, 2.45) is 0 Å². The average molecular weight is 396 g/mol. The molecule has 1 N–H and O–H groups in total. The van der Waals surface area contributed by atoms with E-state index in [0.717, 1.165) is 5.56 Å². The molecule has 0 radical (unpaired) electrons. The third-order valence-electron chi connectivity index (χ3n) is 4.34. The lowest BCUT2D eigenvalue weighted by atomic mass is 10.0. The highest BCUT2D eigenvalue weighted by molar-refractivity contribution is 6.30. The van der Waals surface area contributed by atoms with Crippen LogP contribution in [-0.2, 0) is 6.54 Å². The molecule has 2 aromatic carbocycles. The van der Waals surface area contributed by atoms with Crippen LogP contribution in [0.2, 0.25) is 5.02 Å². The Morgan fingerprint density at radius 3 is 2.71 bits per heavy atom. The van der Waals surface area contributed by atoms with Gasteiger partial charge in [0.2, 0.25) is 0 Å². The van der Waals surface area contributed by atoms with E-state index in [-0.39, 0.29) is 17.4 Å². The molecule has 0 saturated carbocycles. The first-order valence-corrected chi connectivity index (χ1v) is 8.94. The monoisotopic (exact) mass is 395 g/mol. The molecule has 4 aromatic rings. The van der Waals surface area contributed by atoms with Gasteiger partial charge in [-0.2, -0.15) is 0 Å². The predicted molar refractivity (Wildman–Crippen MR) is 105 cm³/mol. The van der Waals surface area contributed by atoms with Gasteiger partial charge in [0.05, 0.1) is 22.3 Å². The summed E-state index contributed by atoms with van der Waals surface area (Å²) < 4.78 is 18.5. The van der Waals surface area contributed by atoms with Crippen molar-refractivity contribution in [1.82, 2.24) is 15.5 Å². The van der Waals surface area contributed by atoms with Crippen molar-refractivity contribution in [2.75, 3.05) is 0 Å². The number of hydrogen-bond acceptors (Lipinski definition) is 4. The Bertz CT molecular complexity index is 1170. The van der Waals surface area contributed by atoms with Crippen LogP contribution in [0.15, 0.2) is 59.1 Å². The molecule has 2 heterocycles. The summed E-state index contributed by atoms with van der Waals surface area (Å²) in [6.45, 7) is 2.07. The molecule has 0 aliphatic heterocycles. The molecule has 7 heteroatoms. The second kappa shape index (κ2) is 7.40. The van der Waals surface area contributed by atoms with Crippen molar-refractivity contribution < 1.29 is 13.7 Å². The molecule has 1 amide bonds. The topological polar surface area (TPSA) is 68.0 Å². The first-order valence-electron chi connectivity index (χ1n) is 8.57. The molecule has 0 bridgehead atoms. The quantitative estimate of drug-likeness (QED) is 0.532. The summed E-state index contributed by atoms with van der Waals surface area (Å²) in [5, 5.41) is 7.96. The van der Waals surface area contributed by atoms with Crippen LogP contribution in [0.3, 0.4) is 0 Å². The molecule has 0 aliphatic carbocycles. The molecule has 5 nitrogen and oxygen atoms in total. The molecule has 140 valence electrons. The van der Waals surface area contributed by atoms with Crippen molar-refractivity contribution in [2.45, 2.75) is 13.5 Å². The van der Waals surface area contributed by atoms with Gasteiger partial charge in [-0.3, -0.25) is 4.79 Å². The van der Waals surface area contributed by atoms with Crippen molar-refractivity contribution in [3.05, 3.63) is 82.3 Å². The van der Waals surface area contributed by atoms with Crippen LogP contribution in [0.4, 0.5) is 4.39 Å². The number of halogens is 2. The highest BCUT2D eigenvalue weighted by Gasteiger charge is 2.19. The molecular formula is C21H15ClFN3O2. The lowest BCUT2D eigenvalue weighted by molar-refractivity contribution is 0.0952. The van der Waals surface area contributed by atoms with E-state index in [9.17, 15) is 9.18 Å². The smallest absolute Gasteiger partial charge is 0.259 e. The van der Waals surface area contributed by atoms with Crippen LogP contribution in [-0.4, -0.2) is 16.0 Å². The fraction of sp³-hybridized carbons (Fsp3) is 0.0952. The fourth-order valence-electron chi connectivity index (χ4n) is 2.97. The lowest BCUT2D eigenvalue weighted by Gasteiger charge is -2.09. The third kappa shape index (κ3) is 3.59. The molecular weight excluding hydrogens is 381 g/mol. The van der Waals surface area contributed by atoms with Crippen LogP contribution < -0.4 is 5.32 Å². The second-order valence-electron chi connectivity index (χ2n) is 6.32. The number of carbonyl (C=O) groups is 1. The number of hydrogen-bond donors (Lipinski definition) is 1. The van der Waals surface area contributed by atoms with Crippen LogP contribution in [0.25, 0.3) is 22.4 Å². The van der Waals surface area contributed by atoms with Crippen molar-refractivity contribution >= 4 is 28.6 Å². The zero-order valence-electron chi connectivity index (χ0n) is 14.9. The number of aromatic nitrogens is 2. The fourth-order valence-corrected chi connectivity index (χ4v) is 3.18. The SMILES string of the molecule is Cc1noc2nc(-c3ccc(F)cc3)cc(C(=O)NCc3cccc(Cl)c3)c12. The van der Waals surface area contributed by atoms with E-state index in [1.165, 1.54) is 12.1 Å². The van der Waals surface area contributed by atoms with E-state index in [4.69, 9.17) is 16.1 Å². The molecule has 4 rings (SSSR count). The van der Waals surface area contributed by atoms with Gasteiger partial charge >= 0.3 is 0 Å². The van der Waals surface area contributed by atoms with Crippen LogP contribution in [0.1, 0.15) is 21.6 Å². The standard InChI is InChI=1S/C21H15ClFN3O2/c1-12-19-17(20(27)24-11-13-3-2-4-15(22)9-13)10-18(25-21(19)28-26-12)14-5-7-16(23)8-6-14/h2-10H,11H2,1H3,(H,24,27). The summed E-state index contributed by atoms with van der Waals surface area (Å²) in [6, 6.07) is 14.8. The molecule has 0 unspecified atom stereocenters. The zero-order valence-corrected chi connectivity index (χ0v) is 15.6. The first kappa shape index (κ1) is 18.1. The third-order valence-corrected chi connectivity index (χ3v) is 4.58. The molecule has 0 atom stereocenters. The van der Waals surface area contributed by atoms with Gasteiger partial charge in [-0.05, 0) is 55.0 Å². The van der Waals surface area contributed by atoms with E-state index >= 15 is 0 Å². The largest absolute Gasteiger partial charge is 0.348 e. The number of nitrogens with zero attached hydrogens (tertiary/aromatic N) is 2. The molecule has 0 fully saturated rings. The maximum atomic E-state index is 13.2. The average Bonchev–Trinajstić information content (AvgIpc) is 3.07. The maximum Gasteiger partial charge on any atom is 0.259 e. The van der Waals surface area contributed by atoms with E-state index in [2.05, 4.69) is 15.5 Å². The lowest BCUT2D eigenvalue weighted by Crippen LogP contribution is -2.23. The summed E-state index contributed by atoms with van der Waals surface area (Å²) >= 11 is 5.99.